The van der Waals surface area contributed by atoms with E-state index in [0.29, 0.717) is 35.8 Å². The Morgan fingerprint density at radius 2 is 1.94 bits per heavy atom. The van der Waals surface area contributed by atoms with Crippen LogP contribution in [-0.4, -0.2) is 25.1 Å². The third-order valence-corrected chi connectivity index (χ3v) is 7.69. The molecule has 0 spiro atoms. The summed E-state index contributed by atoms with van der Waals surface area (Å²) in [5.74, 6) is 3.62. The zero-order chi connectivity index (χ0) is 22.5. The molecule has 4 aromatic rings. The second kappa shape index (κ2) is 8.01. The summed E-state index contributed by atoms with van der Waals surface area (Å²) in [4.78, 5) is 24.6. The average Bonchev–Trinajstić information content (AvgIpc) is 3.44. The summed E-state index contributed by atoms with van der Waals surface area (Å²) in [6.07, 6.45) is 12.5. The second-order valence-corrected chi connectivity index (χ2v) is 10.1. The molecular formula is C27H31N5O. The molecule has 3 aromatic heterocycles. The van der Waals surface area contributed by atoms with E-state index in [1.54, 1.807) is 13.1 Å². The van der Waals surface area contributed by atoms with Crippen LogP contribution in [0.5, 0.6) is 0 Å². The summed E-state index contributed by atoms with van der Waals surface area (Å²) in [7, 11) is 0. The van der Waals surface area contributed by atoms with Gasteiger partial charge in [-0.25, -0.2) is 9.97 Å². The number of anilines is 1. The van der Waals surface area contributed by atoms with E-state index in [0.717, 1.165) is 54.8 Å². The largest absolute Gasteiger partial charge is 0.382 e. The summed E-state index contributed by atoms with van der Waals surface area (Å²) in [6, 6.07) is 8.78. The van der Waals surface area contributed by atoms with Crippen molar-refractivity contribution >= 4 is 28.0 Å². The highest BCUT2D eigenvalue weighted by Crippen LogP contribution is 2.44. The van der Waals surface area contributed by atoms with Gasteiger partial charge in [0.05, 0.1) is 5.69 Å². The van der Waals surface area contributed by atoms with E-state index in [2.05, 4.69) is 38.6 Å². The molecule has 0 atom stereocenters. The van der Waals surface area contributed by atoms with E-state index in [4.69, 9.17) is 10.7 Å². The fourth-order valence-electron chi connectivity index (χ4n) is 5.72. The van der Waals surface area contributed by atoms with Gasteiger partial charge in [0.25, 0.3) is 0 Å². The summed E-state index contributed by atoms with van der Waals surface area (Å²) < 4.78 is 2.16. The minimum atomic E-state index is 0.298. The maximum atomic E-state index is 11.4. The predicted molar refractivity (Wildman–Crippen MR) is 131 cm³/mol. The van der Waals surface area contributed by atoms with Crippen molar-refractivity contribution in [3.63, 3.8) is 0 Å². The highest BCUT2D eigenvalue weighted by atomic mass is 16.1. The first-order valence-electron chi connectivity index (χ1n) is 12.3. The number of fused-ring (bicyclic) bond motifs is 2. The van der Waals surface area contributed by atoms with Crippen LogP contribution in [0.1, 0.15) is 81.5 Å². The maximum absolute atomic E-state index is 11.4. The molecule has 6 heteroatoms. The number of para-hydroxylation sites is 1. The van der Waals surface area contributed by atoms with E-state index in [1.807, 2.05) is 6.20 Å². The Kier molecular flexibility index (Phi) is 4.97. The number of nitrogens with one attached hydrogen (secondary N) is 1. The Hall–Kier alpha value is -3.15. The van der Waals surface area contributed by atoms with Crippen molar-refractivity contribution in [2.45, 2.75) is 70.1 Å². The van der Waals surface area contributed by atoms with Crippen molar-refractivity contribution in [3.05, 3.63) is 48.0 Å². The number of imidazole rings is 1. The van der Waals surface area contributed by atoms with Crippen LogP contribution < -0.4 is 5.73 Å². The van der Waals surface area contributed by atoms with Gasteiger partial charge in [-0.05, 0) is 75.3 Å². The maximum Gasteiger partial charge on any atom is 0.150 e. The van der Waals surface area contributed by atoms with Crippen LogP contribution in [0, 0.1) is 5.92 Å². The van der Waals surface area contributed by atoms with Gasteiger partial charge in [-0.2, -0.15) is 0 Å². The summed E-state index contributed by atoms with van der Waals surface area (Å²) in [5.41, 5.74) is 11.8. The number of rotatable bonds is 6. The molecule has 0 aliphatic heterocycles. The first-order valence-corrected chi connectivity index (χ1v) is 12.3. The number of nitrogen functional groups attached to an aromatic ring is 1. The molecule has 0 saturated heterocycles. The van der Waals surface area contributed by atoms with Gasteiger partial charge in [-0.3, -0.25) is 4.40 Å². The van der Waals surface area contributed by atoms with Gasteiger partial charge < -0.3 is 15.5 Å². The number of Topliss-reactive ketones (excluding diaryl/α,β-unsaturated/α-hetero) is 1. The van der Waals surface area contributed by atoms with Gasteiger partial charge in [-0.15, -0.1) is 0 Å². The Balaban J connectivity index is 1.37. The number of carbonyl (C=O) groups is 1. The molecule has 3 heterocycles. The lowest BCUT2D eigenvalue weighted by molar-refractivity contribution is -0.117. The van der Waals surface area contributed by atoms with Crippen molar-refractivity contribution < 1.29 is 4.79 Å². The van der Waals surface area contributed by atoms with Crippen LogP contribution in [0.25, 0.3) is 27.8 Å². The van der Waals surface area contributed by atoms with Crippen molar-refractivity contribution in [1.82, 2.24) is 19.4 Å². The SMILES string of the molecule is CC(=O)CCC1CCC(c2nc(-c3cc4cccc(C5CC5)c4[nH]3)c3c(N)nccn23)CC1. The quantitative estimate of drug-likeness (QED) is 0.385. The molecule has 0 radical (unpaired) electrons. The van der Waals surface area contributed by atoms with E-state index >= 15 is 0 Å². The fraction of sp³-hybridized carbons (Fsp3) is 0.444. The Morgan fingerprint density at radius 1 is 1.15 bits per heavy atom. The minimum absolute atomic E-state index is 0.298. The normalized spacial score (nSPS) is 21.1. The average molecular weight is 442 g/mol. The fourth-order valence-corrected chi connectivity index (χ4v) is 5.72. The van der Waals surface area contributed by atoms with Gasteiger partial charge >= 0.3 is 0 Å². The molecule has 170 valence electrons. The minimum Gasteiger partial charge on any atom is -0.382 e. The molecule has 2 aliphatic rings. The van der Waals surface area contributed by atoms with E-state index in [-0.39, 0.29) is 0 Å². The van der Waals surface area contributed by atoms with Gasteiger partial charge in [0.2, 0.25) is 0 Å². The predicted octanol–water partition coefficient (Wildman–Crippen LogP) is 5.98. The molecule has 0 amide bonds. The monoisotopic (exact) mass is 441 g/mol. The lowest BCUT2D eigenvalue weighted by Crippen LogP contribution is -2.16. The third kappa shape index (κ3) is 3.71. The summed E-state index contributed by atoms with van der Waals surface area (Å²) in [5, 5.41) is 1.23. The number of nitrogens with zero attached hydrogens (tertiary/aromatic N) is 3. The third-order valence-electron chi connectivity index (χ3n) is 7.69. The van der Waals surface area contributed by atoms with Crippen LogP contribution >= 0.6 is 0 Å². The lowest BCUT2D eigenvalue weighted by Gasteiger charge is -2.27. The van der Waals surface area contributed by atoms with Crippen LogP contribution in [0.2, 0.25) is 0 Å². The molecular weight excluding hydrogens is 410 g/mol. The Bertz CT molecular complexity index is 1340. The van der Waals surface area contributed by atoms with E-state index < -0.39 is 0 Å². The number of aromatic nitrogens is 4. The number of aromatic amines is 1. The molecule has 6 rings (SSSR count). The van der Waals surface area contributed by atoms with Gasteiger partial charge in [-0.1, -0.05) is 18.2 Å². The van der Waals surface area contributed by atoms with Crippen LogP contribution in [0.3, 0.4) is 0 Å². The van der Waals surface area contributed by atoms with Crippen LogP contribution in [0.15, 0.2) is 36.7 Å². The number of ketones is 1. The molecule has 1 aromatic carbocycles. The smallest absolute Gasteiger partial charge is 0.150 e. The van der Waals surface area contributed by atoms with E-state index in [1.165, 1.54) is 29.3 Å². The van der Waals surface area contributed by atoms with Gasteiger partial charge in [0.15, 0.2) is 0 Å². The zero-order valence-electron chi connectivity index (χ0n) is 19.2. The highest BCUT2D eigenvalue weighted by molar-refractivity contribution is 5.93. The van der Waals surface area contributed by atoms with Gasteiger partial charge in [0, 0.05) is 35.6 Å². The van der Waals surface area contributed by atoms with Crippen molar-refractivity contribution in [3.8, 4) is 11.4 Å². The molecule has 2 saturated carbocycles. The molecule has 0 unspecified atom stereocenters. The number of H-pyrrole nitrogens is 1. The zero-order valence-corrected chi connectivity index (χ0v) is 19.2. The van der Waals surface area contributed by atoms with Crippen LogP contribution in [0.4, 0.5) is 5.82 Å². The van der Waals surface area contributed by atoms with E-state index in [9.17, 15) is 4.79 Å². The number of hydrogen-bond acceptors (Lipinski definition) is 4. The molecule has 2 aliphatic carbocycles. The first kappa shape index (κ1) is 20.5. The van der Waals surface area contributed by atoms with Crippen LogP contribution in [-0.2, 0) is 4.79 Å². The Morgan fingerprint density at radius 3 is 2.70 bits per heavy atom. The first-order chi connectivity index (χ1) is 16.1. The second-order valence-electron chi connectivity index (χ2n) is 10.1. The number of benzene rings is 1. The molecule has 0 bridgehead atoms. The highest BCUT2D eigenvalue weighted by Gasteiger charge is 2.29. The molecule has 33 heavy (non-hydrogen) atoms. The number of nitrogens with two attached hydrogens (primary N) is 1. The topological polar surface area (TPSA) is 89.1 Å². The summed E-state index contributed by atoms with van der Waals surface area (Å²) >= 11 is 0. The standard InChI is InChI=1S/C27H31N5O/c1-16(33)5-6-17-7-9-19(10-8-17)27-31-24(25-26(28)29-13-14-32(25)27)22-15-20-3-2-4-21(18-11-12-18)23(20)30-22/h2-4,13-15,17-19,30H,5-12H2,1H3,(H2,28,29). The van der Waals surface area contributed by atoms with Crippen molar-refractivity contribution in [2.24, 2.45) is 5.92 Å². The Labute approximate surface area is 193 Å². The summed E-state index contributed by atoms with van der Waals surface area (Å²) in [6.45, 7) is 1.69. The van der Waals surface area contributed by atoms with Crippen molar-refractivity contribution in [1.29, 1.82) is 0 Å². The molecule has 3 N–H and O–H groups in total. The lowest BCUT2D eigenvalue weighted by atomic mass is 9.79. The van der Waals surface area contributed by atoms with Crippen molar-refractivity contribution in [2.75, 3.05) is 5.73 Å². The number of carbonyl (C=O) groups excluding carboxylic acids is 1. The molecule has 2 fully saturated rings. The molecule has 6 nitrogen and oxygen atoms in total. The van der Waals surface area contributed by atoms with Gasteiger partial charge in [0.1, 0.15) is 28.6 Å². The number of hydrogen-bond donors (Lipinski definition) is 2.